The summed E-state index contributed by atoms with van der Waals surface area (Å²) in [6, 6.07) is 0. The van der Waals surface area contributed by atoms with Gasteiger partial charge in [-0.1, -0.05) is 67.5 Å². The fourth-order valence-corrected chi connectivity index (χ4v) is 1.71. The summed E-state index contributed by atoms with van der Waals surface area (Å²) in [5, 5.41) is 20.6. The summed E-state index contributed by atoms with van der Waals surface area (Å²) in [5.41, 5.74) is 0.872. The standard InChI is InChI=1S/C6H11N3.2C6H10N2O2/c1-6(2,3)5-4-7-9-8-5;1-6(2,3)4-7-8-5(9)10-4;1-6(2,3)4-7-5(9)10-8-4/h4H2,1-3H3;1-3H3,(H,8,9);1-3H3,(H,7,8,9). The summed E-state index contributed by atoms with van der Waals surface area (Å²) in [6.07, 6.45) is 0. The van der Waals surface area contributed by atoms with Crippen LogP contribution < -0.4 is 11.5 Å². The van der Waals surface area contributed by atoms with Crippen molar-refractivity contribution >= 4 is 5.71 Å². The van der Waals surface area contributed by atoms with Gasteiger partial charge in [-0.3, -0.25) is 9.51 Å². The first-order chi connectivity index (χ1) is 13.1. The zero-order valence-corrected chi connectivity index (χ0v) is 18.6. The monoisotopic (exact) mass is 409 g/mol. The number of hydrogen-bond acceptors (Lipinski definition) is 9. The van der Waals surface area contributed by atoms with Crippen molar-refractivity contribution in [1.82, 2.24) is 20.3 Å². The van der Waals surface area contributed by atoms with Gasteiger partial charge >= 0.3 is 11.5 Å². The molecule has 29 heavy (non-hydrogen) atoms. The summed E-state index contributed by atoms with van der Waals surface area (Å²) in [7, 11) is 0. The fourth-order valence-electron chi connectivity index (χ4n) is 1.71. The molecular weight excluding hydrogens is 378 g/mol. The van der Waals surface area contributed by atoms with Crippen LogP contribution in [0.1, 0.15) is 74.0 Å². The van der Waals surface area contributed by atoms with Crippen LogP contribution in [0.5, 0.6) is 0 Å². The summed E-state index contributed by atoms with van der Waals surface area (Å²) >= 11 is 0. The second-order valence-corrected chi connectivity index (χ2v) is 9.55. The van der Waals surface area contributed by atoms with Gasteiger partial charge in [0.25, 0.3) is 0 Å². The smallest absolute Gasteiger partial charge is 0.392 e. The van der Waals surface area contributed by atoms with Gasteiger partial charge in [-0.05, 0) is 5.22 Å². The molecule has 2 aromatic heterocycles. The maximum absolute atomic E-state index is 10.5. The van der Waals surface area contributed by atoms with E-state index in [1.54, 1.807) is 0 Å². The average Bonchev–Trinajstić information content (AvgIpc) is 3.26. The van der Waals surface area contributed by atoms with Crippen LogP contribution in [-0.4, -0.2) is 32.6 Å². The van der Waals surface area contributed by atoms with Gasteiger partial charge in [-0.25, -0.2) is 14.7 Å². The Morgan fingerprint density at radius 3 is 1.69 bits per heavy atom. The van der Waals surface area contributed by atoms with Crippen molar-refractivity contribution in [2.45, 2.75) is 73.1 Å². The van der Waals surface area contributed by atoms with Gasteiger partial charge < -0.3 is 4.42 Å². The first-order valence-electron chi connectivity index (χ1n) is 9.17. The Bertz CT molecular complexity index is 882. The van der Waals surface area contributed by atoms with Crippen LogP contribution in [0.15, 0.2) is 34.0 Å². The predicted molar refractivity (Wildman–Crippen MR) is 108 cm³/mol. The number of hydrogen-bond donors (Lipinski definition) is 2. The second-order valence-electron chi connectivity index (χ2n) is 9.55. The third kappa shape index (κ3) is 8.36. The molecule has 0 spiro atoms. The molecule has 11 nitrogen and oxygen atoms in total. The molecule has 2 N–H and O–H groups in total. The third-order valence-electron chi connectivity index (χ3n) is 3.55. The van der Waals surface area contributed by atoms with Crippen LogP contribution in [0, 0.1) is 5.41 Å². The lowest BCUT2D eigenvalue weighted by Gasteiger charge is -2.15. The largest absolute Gasteiger partial charge is 0.438 e. The molecule has 1 aliphatic heterocycles. The molecule has 162 valence electrons. The van der Waals surface area contributed by atoms with Crippen LogP contribution in [0.3, 0.4) is 0 Å². The molecule has 1 aliphatic rings. The van der Waals surface area contributed by atoms with E-state index in [1.165, 1.54) is 0 Å². The molecule has 0 amide bonds. The maximum Gasteiger partial charge on any atom is 0.438 e. The molecule has 2 aromatic rings. The normalized spacial score (nSPS) is 13.9. The van der Waals surface area contributed by atoms with E-state index < -0.39 is 11.5 Å². The van der Waals surface area contributed by atoms with Crippen molar-refractivity contribution in [3.05, 3.63) is 32.8 Å². The third-order valence-corrected chi connectivity index (χ3v) is 3.55. The Kier molecular flexibility index (Phi) is 7.59. The van der Waals surface area contributed by atoms with Crippen LogP contribution in [0.2, 0.25) is 0 Å². The first-order valence-corrected chi connectivity index (χ1v) is 9.17. The Labute approximate surface area is 169 Å². The molecule has 0 radical (unpaired) electrons. The average molecular weight is 409 g/mol. The zero-order chi connectivity index (χ0) is 22.5. The van der Waals surface area contributed by atoms with Crippen molar-refractivity contribution in [3.8, 4) is 0 Å². The first kappa shape index (κ1) is 24.2. The Balaban J connectivity index is 0.000000218. The van der Waals surface area contributed by atoms with Crippen molar-refractivity contribution in [2.75, 3.05) is 6.54 Å². The molecule has 3 heterocycles. The van der Waals surface area contributed by atoms with Gasteiger partial charge in [0, 0.05) is 16.2 Å². The summed E-state index contributed by atoms with van der Waals surface area (Å²) in [4.78, 5) is 23.4. The van der Waals surface area contributed by atoms with Crippen LogP contribution in [-0.2, 0) is 10.8 Å². The van der Waals surface area contributed by atoms with Crippen molar-refractivity contribution in [3.63, 3.8) is 0 Å². The van der Waals surface area contributed by atoms with Gasteiger partial charge in [0.1, 0.15) is 6.54 Å². The lowest BCUT2D eigenvalue weighted by Crippen LogP contribution is -2.20. The SMILES string of the molecule is CC(C)(C)C1=NN=NC1.CC(C)(C)c1n[nH]c(=O)o1.CC(C)(C)c1noc(=O)[nH]1. The van der Waals surface area contributed by atoms with Crippen LogP contribution >= 0.6 is 0 Å². The molecule has 11 heteroatoms. The van der Waals surface area contributed by atoms with Gasteiger partial charge in [-0.15, -0.1) is 10.2 Å². The van der Waals surface area contributed by atoms with E-state index >= 15 is 0 Å². The quantitative estimate of drug-likeness (QED) is 0.681. The van der Waals surface area contributed by atoms with E-state index in [-0.39, 0.29) is 16.2 Å². The number of aromatic amines is 2. The topological polar surface area (TPSA) is 155 Å². The molecule has 0 unspecified atom stereocenters. The van der Waals surface area contributed by atoms with E-state index in [4.69, 9.17) is 4.42 Å². The number of aromatic nitrogens is 4. The van der Waals surface area contributed by atoms with E-state index in [0.29, 0.717) is 18.3 Å². The molecule has 0 aromatic carbocycles. The minimum Gasteiger partial charge on any atom is -0.392 e. The highest BCUT2D eigenvalue weighted by Crippen LogP contribution is 2.19. The summed E-state index contributed by atoms with van der Waals surface area (Å²) < 4.78 is 9.06. The van der Waals surface area contributed by atoms with Crippen molar-refractivity contribution in [1.29, 1.82) is 0 Å². The number of nitrogens with zero attached hydrogens (tertiary/aromatic N) is 5. The van der Waals surface area contributed by atoms with Gasteiger partial charge in [0.2, 0.25) is 5.89 Å². The van der Waals surface area contributed by atoms with E-state index in [1.807, 2.05) is 41.5 Å². The highest BCUT2D eigenvalue weighted by atomic mass is 16.5. The predicted octanol–water partition coefficient (Wildman–Crippen LogP) is 3.18. The van der Waals surface area contributed by atoms with Crippen molar-refractivity contribution < 1.29 is 8.94 Å². The van der Waals surface area contributed by atoms with Gasteiger partial charge in [0.05, 0.1) is 5.71 Å². The summed E-state index contributed by atoms with van der Waals surface area (Å²) in [6.45, 7) is 18.6. The molecule has 0 bridgehead atoms. The molecule has 3 rings (SSSR count). The number of H-pyrrole nitrogens is 2. The van der Waals surface area contributed by atoms with Crippen LogP contribution in [0.4, 0.5) is 0 Å². The lowest BCUT2D eigenvalue weighted by atomic mass is 9.90. The van der Waals surface area contributed by atoms with Gasteiger partial charge in [-0.2, -0.15) is 5.11 Å². The van der Waals surface area contributed by atoms with E-state index in [9.17, 15) is 9.59 Å². The molecule has 0 atom stereocenters. The molecule has 0 aliphatic carbocycles. The number of rotatable bonds is 0. The second kappa shape index (κ2) is 9.10. The zero-order valence-electron chi connectivity index (χ0n) is 18.6. The highest BCUT2D eigenvalue weighted by Gasteiger charge is 2.21. The van der Waals surface area contributed by atoms with Crippen LogP contribution in [0.25, 0.3) is 0 Å². The maximum atomic E-state index is 10.5. The Morgan fingerprint density at radius 1 is 0.862 bits per heavy atom. The fraction of sp³-hybridized carbons (Fsp3) is 0.722. The summed E-state index contributed by atoms with van der Waals surface area (Å²) in [5.74, 6) is 0.0323. The van der Waals surface area contributed by atoms with Crippen molar-refractivity contribution in [2.24, 2.45) is 20.9 Å². The van der Waals surface area contributed by atoms with E-state index in [2.05, 4.69) is 61.1 Å². The molecular formula is C18H31N7O4. The minimum absolute atomic E-state index is 0.142. The van der Waals surface area contributed by atoms with E-state index in [0.717, 1.165) is 5.71 Å². The lowest BCUT2D eigenvalue weighted by molar-refractivity contribution is 0.369. The van der Waals surface area contributed by atoms with Gasteiger partial charge in [0.15, 0.2) is 5.82 Å². The minimum atomic E-state index is -0.495. The Morgan fingerprint density at radius 2 is 1.48 bits per heavy atom. The molecule has 0 saturated carbocycles. The number of nitrogens with one attached hydrogen (secondary N) is 2. The molecule has 0 fully saturated rings. The highest BCUT2D eigenvalue weighted by molar-refractivity contribution is 5.91. The Hall–Kier alpha value is -2.85. The molecule has 0 saturated heterocycles.